The number of carbonyl (C=O) groups is 1. The third-order valence-electron chi connectivity index (χ3n) is 3.41. The van der Waals surface area contributed by atoms with E-state index in [0.717, 1.165) is 34.1 Å². The number of halogens is 1. The summed E-state index contributed by atoms with van der Waals surface area (Å²) < 4.78 is 13.0. The maximum Gasteiger partial charge on any atom is 0.225 e. The largest absolute Gasteiger partial charge is 0.356 e. The molecule has 1 aromatic heterocycles. The molecule has 0 saturated carbocycles. The average molecular weight is 335 g/mol. The highest BCUT2D eigenvalue weighted by molar-refractivity contribution is 7.15. The zero-order valence-corrected chi connectivity index (χ0v) is 14.5. The molecule has 1 heterocycles. The number of carbonyl (C=O) groups excluding carboxylic acids is 1. The highest BCUT2D eigenvalue weighted by Crippen LogP contribution is 2.28. The van der Waals surface area contributed by atoms with E-state index in [-0.39, 0.29) is 11.7 Å². The Kier molecular flexibility index (Phi) is 6.24. The molecule has 0 aliphatic rings. The van der Waals surface area contributed by atoms with Gasteiger partial charge in [0.05, 0.1) is 12.1 Å². The number of rotatable bonds is 7. The fourth-order valence-corrected chi connectivity index (χ4v) is 3.21. The lowest BCUT2D eigenvalue weighted by Crippen LogP contribution is -2.28. The maximum atomic E-state index is 13.0. The number of aryl methyl sites for hydroxylation is 1. The van der Waals surface area contributed by atoms with Gasteiger partial charge in [-0.15, -0.1) is 11.3 Å². The Morgan fingerprint density at radius 1 is 1.30 bits per heavy atom. The van der Waals surface area contributed by atoms with Gasteiger partial charge in [-0.25, -0.2) is 9.37 Å². The topological polar surface area (TPSA) is 45.2 Å². The van der Waals surface area contributed by atoms with Crippen molar-refractivity contribution < 1.29 is 9.18 Å². The van der Waals surface area contributed by atoms with Crippen LogP contribution >= 0.6 is 11.3 Å². The van der Waals surface area contributed by atoms with E-state index in [2.05, 4.69) is 15.2 Å². The first-order valence-electron chi connectivity index (χ1n) is 7.59. The second kappa shape index (κ2) is 8.17. The fourth-order valence-electron chi connectivity index (χ4n) is 2.14. The Morgan fingerprint density at radius 3 is 2.65 bits per heavy atom. The molecule has 1 N–H and O–H groups in total. The lowest BCUT2D eigenvalue weighted by molar-refractivity contribution is -0.120. The molecule has 0 radical (unpaired) electrons. The minimum Gasteiger partial charge on any atom is -0.356 e. The summed E-state index contributed by atoms with van der Waals surface area (Å²) in [6, 6.07) is 6.25. The molecule has 1 aromatic carbocycles. The number of hydrogen-bond acceptors (Lipinski definition) is 4. The minimum atomic E-state index is -0.264. The molecule has 2 aromatic rings. The lowest BCUT2D eigenvalue weighted by atomic mass is 10.2. The molecule has 6 heteroatoms. The summed E-state index contributed by atoms with van der Waals surface area (Å²) in [5, 5.41) is 3.75. The predicted molar refractivity (Wildman–Crippen MR) is 92.1 cm³/mol. The number of amides is 1. The van der Waals surface area contributed by atoms with E-state index in [1.807, 2.05) is 21.0 Å². The summed E-state index contributed by atoms with van der Waals surface area (Å²) in [4.78, 5) is 19.5. The highest BCUT2D eigenvalue weighted by atomic mass is 32.1. The molecule has 0 fully saturated rings. The Morgan fingerprint density at radius 2 is 2.00 bits per heavy atom. The Labute approximate surface area is 140 Å². The predicted octanol–water partition coefficient (Wildman–Crippen LogP) is 2.87. The summed E-state index contributed by atoms with van der Waals surface area (Å²) >= 11 is 1.49. The number of nitrogens with zero attached hydrogens (tertiary/aromatic N) is 2. The molecule has 0 spiro atoms. The first-order valence-corrected chi connectivity index (χ1v) is 8.41. The molecule has 0 saturated heterocycles. The first-order chi connectivity index (χ1) is 11.0. The fraction of sp³-hybridized carbons (Fsp3) is 0.412. The smallest absolute Gasteiger partial charge is 0.225 e. The number of benzene rings is 1. The standard InChI is InChI=1S/C17H22FN3OS/c1-12-15(11-16(22)19-9-4-10-21(2)3)23-17(20-12)13-5-7-14(18)8-6-13/h5-8H,4,9-11H2,1-3H3,(H,19,22). The van der Waals surface area contributed by atoms with Crippen molar-refractivity contribution in [3.63, 3.8) is 0 Å². The van der Waals surface area contributed by atoms with Gasteiger partial charge >= 0.3 is 0 Å². The summed E-state index contributed by atoms with van der Waals surface area (Å²) in [6.45, 7) is 3.53. The highest BCUT2D eigenvalue weighted by Gasteiger charge is 2.13. The van der Waals surface area contributed by atoms with Gasteiger partial charge in [0.15, 0.2) is 0 Å². The van der Waals surface area contributed by atoms with Crippen LogP contribution in [0.15, 0.2) is 24.3 Å². The van der Waals surface area contributed by atoms with Crippen LogP contribution in [-0.2, 0) is 11.2 Å². The monoisotopic (exact) mass is 335 g/mol. The van der Waals surface area contributed by atoms with Crippen LogP contribution in [-0.4, -0.2) is 43.0 Å². The Hall–Kier alpha value is -1.79. The van der Waals surface area contributed by atoms with Gasteiger partial charge in [-0.2, -0.15) is 0 Å². The van der Waals surface area contributed by atoms with E-state index in [9.17, 15) is 9.18 Å². The molecule has 4 nitrogen and oxygen atoms in total. The van der Waals surface area contributed by atoms with Crippen LogP contribution in [0.3, 0.4) is 0 Å². The van der Waals surface area contributed by atoms with Crippen LogP contribution in [0, 0.1) is 12.7 Å². The van der Waals surface area contributed by atoms with E-state index in [4.69, 9.17) is 0 Å². The van der Waals surface area contributed by atoms with Crippen molar-refractivity contribution in [3.8, 4) is 10.6 Å². The van der Waals surface area contributed by atoms with Gasteiger partial charge in [0.1, 0.15) is 10.8 Å². The number of thiazole rings is 1. The quantitative estimate of drug-likeness (QED) is 0.792. The maximum absolute atomic E-state index is 13.0. The molecule has 23 heavy (non-hydrogen) atoms. The number of hydrogen-bond donors (Lipinski definition) is 1. The van der Waals surface area contributed by atoms with Gasteiger partial charge in [-0.3, -0.25) is 4.79 Å². The van der Waals surface area contributed by atoms with Gasteiger partial charge in [0.25, 0.3) is 0 Å². The van der Waals surface area contributed by atoms with Crippen molar-refractivity contribution in [2.24, 2.45) is 0 Å². The van der Waals surface area contributed by atoms with Crippen molar-refractivity contribution in [1.29, 1.82) is 0 Å². The summed E-state index contributed by atoms with van der Waals surface area (Å²) in [7, 11) is 4.03. The molecule has 0 unspecified atom stereocenters. The molecular formula is C17H22FN3OS. The van der Waals surface area contributed by atoms with Gasteiger partial charge in [-0.05, 0) is 58.3 Å². The van der Waals surface area contributed by atoms with Gasteiger partial charge in [0.2, 0.25) is 5.91 Å². The number of aromatic nitrogens is 1. The minimum absolute atomic E-state index is 0.0150. The van der Waals surface area contributed by atoms with Gasteiger partial charge < -0.3 is 10.2 Å². The van der Waals surface area contributed by atoms with Crippen molar-refractivity contribution in [1.82, 2.24) is 15.2 Å². The third-order valence-corrected chi connectivity index (χ3v) is 4.62. The van der Waals surface area contributed by atoms with Crippen LogP contribution in [0.2, 0.25) is 0 Å². The normalized spacial score (nSPS) is 11.0. The van der Waals surface area contributed by atoms with Gasteiger partial charge in [0, 0.05) is 17.0 Å². The second-order valence-electron chi connectivity index (χ2n) is 5.72. The molecule has 2 rings (SSSR count). The summed E-state index contributed by atoms with van der Waals surface area (Å²) in [6.07, 6.45) is 1.27. The average Bonchev–Trinajstić information content (AvgIpc) is 2.85. The zero-order chi connectivity index (χ0) is 16.8. The Balaban J connectivity index is 1.93. The molecule has 0 aliphatic carbocycles. The lowest BCUT2D eigenvalue weighted by Gasteiger charge is -2.09. The van der Waals surface area contributed by atoms with Crippen LogP contribution in [0.4, 0.5) is 4.39 Å². The van der Waals surface area contributed by atoms with E-state index >= 15 is 0 Å². The molecule has 0 aliphatic heterocycles. The zero-order valence-electron chi connectivity index (χ0n) is 13.7. The van der Waals surface area contributed by atoms with Crippen LogP contribution < -0.4 is 5.32 Å². The van der Waals surface area contributed by atoms with E-state index in [1.165, 1.54) is 23.5 Å². The van der Waals surface area contributed by atoms with Crippen molar-refractivity contribution in [2.75, 3.05) is 27.2 Å². The SMILES string of the molecule is Cc1nc(-c2ccc(F)cc2)sc1CC(=O)NCCCN(C)C. The van der Waals surface area contributed by atoms with Gasteiger partial charge in [-0.1, -0.05) is 0 Å². The number of nitrogens with one attached hydrogen (secondary N) is 1. The van der Waals surface area contributed by atoms with Crippen LogP contribution in [0.25, 0.3) is 10.6 Å². The summed E-state index contributed by atoms with van der Waals surface area (Å²) in [5.74, 6) is -0.250. The van der Waals surface area contributed by atoms with Crippen molar-refractivity contribution in [2.45, 2.75) is 19.8 Å². The third kappa shape index (κ3) is 5.41. The Bertz CT molecular complexity index is 652. The van der Waals surface area contributed by atoms with E-state index in [0.29, 0.717) is 13.0 Å². The van der Waals surface area contributed by atoms with E-state index < -0.39 is 0 Å². The second-order valence-corrected chi connectivity index (χ2v) is 6.80. The van der Waals surface area contributed by atoms with E-state index in [1.54, 1.807) is 12.1 Å². The molecule has 124 valence electrons. The summed E-state index contributed by atoms with van der Waals surface area (Å²) in [5.41, 5.74) is 1.73. The van der Waals surface area contributed by atoms with Crippen molar-refractivity contribution >= 4 is 17.2 Å². The molecular weight excluding hydrogens is 313 g/mol. The van der Waals surface area contributed by atoms with Crippen LogP contribution in [0.5, 0.6) is 0 Å². The van der Waals surface area contributed by atoms with Crippen molar-refractivity contribution in [3.05, 3.63) is 40.7 Å². The molecule has 0 bridgehead atoms. The molecule has 0 atom stereocenters. The first kappa shape index (κ1) is 17.6. The molecule has 1 amide bonds. The van der Waals surface area contributed by atoms with Crippen LogP contribution in [0.1, 0.15) is 17.0 Å².